The first-order valence-corrected chi connectivity index (χ1v) is 5.48. The second-order valence-corrected chi connectivity index (χ2v) is 4.01. The van der Waals surface area contributed by atoms with Crippen LogP contribution in [0.15, 0.2) is 0 Å². The van der Waals surface area contributed by atoms with E-state index in [-0.39, 0.29) is 0 Å². The van der Waals surface area contributed by atoms with Crippen molar-refractivity contribution in [1.82, 2.24) is 0 Å². The van der Waals surface area contributed by atoms with Gasteiger partial charge in [-0.1, -0.05) is 39.0 Å². The van der Waals surface area contributed by atoms with Gasteiger partial charge in [-0.15, -0.1) is 0 Å². The second kappa shape index (κ2) is 5.58. The average molecular weight is 170 g/mol. The van der Waals surface area contributed by atoms with Gasteiger partial charge in [-0.25, -0.2) is 0 Å². The lowest BCUT2D eigenvalue weighted by molar-refractivity contribution is -0.117. The van der Waals surface area contributed by atoms with E-state index in [1.165, 1.54) is 44.9 Å². The maximum atomic E-state index is 5.55. The molecule has 1 rings (SSSR count). The van der Waals surface area contributed by atoms with Crippen LogP contribution in [0, 0.1) is 0 Å². The fourth-order valence-electron chi connectivity index (χ4n) is 1.85. The topological polar surface area (TPSA) is 9.23 Å². The highest BCUT2D eigenvalue weighted by Crippen LogP contribution is 2.24. The minimum atomic E-state index is 0.547. The Morgan fingerprint density at radius 2 is 1.83 bits per heavy atom. The molecule has 1 fully saturated rings. The zero-order chi connectivity index (χ0) is 8.81. The molecule has 1 heteroatoms. The van der Waals surface area contributed by atoms with E-state index in [0.29, 0.717) is 12.2 Å². The van der Waals surface area contributed by atoms with E-state index in [4.69, 9.17) is 4.74 Å². The molecule has 0 bridgehead atoms. The largest absolute Gasteiger partial charge is 0.375 e. The normalized spacial score (nSPS) is 28.5. The first-order valence-electron chi connectivity index (χ1n) is 5.48. The van der Waals surface area contributed by atoms with Crippen LogP contribution in [0.4, 0.5) is 0 Å². The summed E-state index contributed by atoms with van der Waals surface area (Å²) in [6, 6.07) is 0. The standard InChI is InChI=1S/C11H22O/c1-3-4-5-6-7-8-11-9-10(2)12-11/h10-11H,3-9H2,1-2H3. The number of unbranched alkanes of at least 4 members (excludes halogenated alkanes) is 4. The Hall–Kier alpha value is -0.0400. The predicted molar refractivity (Wildman–Crippen MR) is 52.3 cm³/mol. The molecule has 1 saturated heterocycles. The van der Waals surface area contributed by atoms with Crippen molar-refractivity contribution in [3.05, 3.63) is 0 Å². The van der Waals surface area contributed by atoms with Crippen LogP contribution in [0.5, 0.6) is 0 Å². The number of ether oxygens (including phenoxy) is 1. The molecule has 0 saturated carbocycles. The van der Waals surface area contributed by atoms with E-state index in [1.807, 2.05) is 0 Å². The van der Waals surface area contributed by atoms with Gasteiger partial charge in [0.1, 0.15) is 0 Å². The molecule has 0 amide bonds. The molecule has 72 valence electrons. The summed E-state index contributed by atoms with van der Waals surface area (Å²) in [5.74, 6) is 0. The lowest BCUT2D eigenvalue weighted by atomic mass is 10.00. The zero-order valence-corrected chi connectivity index (χ0v) is 8.51. The summed E-state index contributed by atoms with van der Waals surface area (Å²) < 4.78 is 5.55. The van der Waals surface area contributed by atoms with Crippen molar-refractivity contribution in [2.75, 3.05) is 0 Å². The van der Waals surface area contributed by atoms with Crippen molar-refractivity contribution in [3.8, 4) is 0 Å². The Labute approximate surface area is 76.5 Å². The molecular formula is C11H22O. The van der Waals surface area contributed by atoms with Gasteiger partial charge in [0.05, 0.1) is 12.2 Å². The van der Waals surface area contributed by atoms with Gasteiger partial charge in [0.25, 0.3) is 0 Å². The predicted octanol–water partition coefficient (Wildman–Crippen LogP) is 3.52. The van der Waals surface area contributed by atoms with Gasteiger partial charge in [-0.05, 0) is 19.8 Å². The highest BCUT2D eigenvalue weighted by molar-refractivity contribution is 4.73. The van der Waals surface area contributed by atoms with Gasteiger partial charge >= 0.3 is 0 Å². The highest BCUT2D eigenvalue weighted by Gasteiger charge is 2.24. The van der Waals surface area contributed by atoms with Crippen molar-refractivity contribution < 1.29 is 4.74 Å². The van der Waals surface area contributed by atoms with Crippen LogP contribution in [-0.2, 0) is 4.74 Å². The molecule has 0 spiro atoms. The smallest absolute Gasteiger partial charge is 0.0603 e. The van der Waals surface area contributed by atoms with Gasteiger partial charge in [0, 0.05) is 0 Å². The molecule has 0 radical (unpaired) electrons. The fourth-order valence-corrected chi connectivity index (χ4v) is 1.85. The summed E-state index contributed by atoms with van der Waals surface area (Å²) in [6.07, 6.45) is 10.7. The molecule has 1 nitrogen and oxygen atoms in total. The fraction of sp³-hybridized carbons (Fsp3) is 1.00. The van der Waals surface area contributed by atoms with Gasteiger partial charge < -0.3 is 4.74 Å². The summed E-state index contributed by atoms with van der Waals surface area (Å²) in [7, 11) is 0. The highest BCUT2D eigenvalue weighted by atomic mass is 16.5. The minimum Gasteiger partial charge on any atom is -0.375 e. The number of hydrogen-bond acceptors (Lipinski definition) is 1. The summed E-state index contributed by atoms with van der Waals surface area (Å²) in [6.45, 7) is 4.42. The van der Waals surface area contributed by atoms with E-state index in [0.717, 1.165) is 0 Å². The van der Waals surface area contributed by atoms with Crippen molar-refractivity contribution >= 4 is 0 Å². The van der Waals surface area contributed by atoms with Crippen LogP contribution < -0.4 is 0 Å². The lowest BCUT2D eigenvalue weighted by Gasteiger charge is -2.33. The average Bonchev–Trinajstić information content (AvgIpc) is 2.00. The van der Waals surface area contributed by atoms with Crippen molar-refractivity contribution in [2.24, 2.45) is 0 Å². The third kappa shape index (κ3) is 3.57. The van der Waals surface area contributed by atoms with Gasteiger partial charge in [0.2, 0.25) is 0 Å². The monoisotopic (exact) mass is 170 g/mol. The van der Waals surface area contributed by atoms with E-state index >= 15 is 0 Å². The molecule has 0 N–H and O–H groups in total. The quantitative estimate of drug-likeness (QED) is 0.554. The Morgan fingerprint density at radius 3 is 2.42 bits per heavy atom. The van der Waals surface area contributed by atoms with Crippen molar-refractivity contribution in [1.29, 1.82) is 0 Å². The molecule has 1 aliphatic rings. The first-order chi connectivity index (χ1) is 5.83. The molecule has 0 aromatic rings. The molecule has 0 aliphatic carbocycles. The summed E-state index contributed by atoms with van der Waals surface area (Å²) in [5, 5.41) is 0. The van der Waals surface area contributed by atoms with E-state index < -0.39 is 0 Å². The third-order valence-electron chi connectivity index (χ3n) is 2.65. The van der Waals surface area contributed by atoms with Gasteiger partial charge in [-0.2, -0.15) is 0 Å². The van der Waals surface area contributed by atoms with Crippen LogP contribution in [-0.4, -0.2) is 12.2 Å². The van der Waals surface area contributed by atoms with Crippen LogP contribution >= 0.6 is 0 Å². The first kappa shape index (κ1) is 10.0. The molecular weight excluding hydrogens is 148 g/mol. The Bertz CT molecular complexity index is 106. The van der Waals surface area contributed by atoms with Crippen LogP contribution in [0.2, 0.25) is 0 Å². The zero-order valence-electron chi connectivity index (χ0n) is 8.51. The van der Waals surface area contributed by atoms with Crippen molar-refractivity contribution in [2.45, 2.75) is 71.0 Å². The number of hydrogen-bond donors (Lipinski definition) is 0. The molecule has 2 atom stereocenters. The van der Waals surface area contributed by atoms with E-state index in [1.54, 1.807) is 0 Å². The Morgan fingerprint density at radius 1 is 1.17 bits per heavy atom. The van der Waals surface area contributed by atoms with Gasteiger partial charge in [-0.3, -0.25) is 0 Å². The maximum Gasteiger partial charge on any atom is 0.0603 e. The molecule has 1 aliphatic heterocycles. The molecule has 0 aromatic carbocycles. The minimum absolute atomic E-state index is 0.547. The molecule has 1 heterocycles. The summed E-state index contributed by atoms with van der Waals surface area (Å²) in [4.78, 5) is 0. The molecule has 12 heavy (non-hydrogen) atoms. The maximum absolute atomic E-state index is 5.55. The second-order valence-electron chi connectivity index (χ2n) is 4.01. The van der Waals surface area contributed by atoms with E-state index in [9.17, 15) is 0 Å². The molecule has 2 unspecified atom stereocenters. The Balaban J connectivity index is 1.77. The Kier molecular flexibility index (Phi) is 4.67. The van der Waals surface area contributed by atoms with Crippen LogP contribution in [0.3, 0.4) is 0 Å². The van der Waals surface area contributed by atoms with Gasteiger partial charge in [0.15, 0.2) is 0 Å². The van der Waals surface area contributed by atoms with E-state index in [2.05, 4.69) is 13.8 Å². The SMILES string of the molecule is CCCCCCCC1CC(C)O1. The van der Waals surface area contributed by atoms with Crippen LogP contribution in [0.1, 0.15) is 58.8 Å². The third-order valence-corrected chi connectivity index (χ3v) is 2.65. The summed E-state index contributed by atoms with van der Waals surface area (Å²) in [5.41, 5.74) is 0. The molecule has 0 aromatic heterocycles. The summed E-state index contributed by atoms with van der Waals surface area (Å²) >= 11 is 0. The number of rotatable bonds is 6. The van der Waals surface area contributed by atoms with Crippen LogP contribution in [0.25, 0.3) is 0 Å². The lowest BCUT2D eigenvalue weighted by Crippen LogP contribution is -2.34. The van der Waals surface area contributed by atoms with Crippen molar-refractivity contribution in [3.63, 3.8) is 0 Å².